The molecular formula is C28H31N3O3. The van der Waals surface area contributed by atoms with Gasteiger partial charge >= 0.3 is 0 Å². The number of nitrogens with zero attached hydrogens (tertiary/aromatic N) is 2. The highest BCUT2D eigenvalue weighted by Crippen LogP contribution is 2.32. The lowest BCUT2D eigenvalue weighted by molar-refractivity contribution is 0.0907. The third-order valence-electron chi connectivity index (χ3n) is 6.11. The molecule has 0 aliphatic carbocycles. The number of carbonyl (C=O) groups is 1. The summed E-state index contributed by atoms with van der Waals surface area (Å²) >= 11 is 0. The summed E-state index contributed by atoms with van der Waals surface area (Å²) in [6, 6.07) is 23.7. The molecule has 0 aliphatic heterocycles. The van der Waals surface area contributed by atoms with Gasteiger partial charge in [0, 0.05) is 18.2 Å². The Labute approximate surface area is 200 Å². The number of aryl methyl sites for hydroxylation is 1. The minimum absolute atomic E-state index is 0.102. The van der Waals surface area contributed by atoms with Crippen molar-refractivity contribution in [3.05, 3.63) is 107 Å². The fourth-order valence-electron chi connectivity index (χ4n) is 3.85. The van der Waals surface area contributed by atoms with Crippen molar-refractivity contribution in [2.24, 2.45) is 0 Å². The van der Waals surface area contributed by atoms with Crippen molar-refractivity contribution < 1.29 is 13.9 Å². The van der Waals surface area contributed by atoms with Crippen LogP contribution < -0.4 is 10.1 Å². The van der Waals surface area contributed by atoms with E-state index >= 15 is 0 Å². The highest BCUT2D eigenvalue weighted by atomic mass is 16.5. The van der Waals surface area contributed by atoms with Gasteiger partial charge in [0.05, 0.1) is 11.7 Å². The van der Waals surface area contributed by atoms with Crippen molar-refractivity contribution in [1.82, 2.24) is 15.1 Å². The number of rotatable bonds is 9. The van der Waals surface area contributed by atoms with E-state index < -0.39 is 0 Å². The first-order valence-electron chi connectivity index (χ1n) is 11.6. The van der Waals surface area contributed by atoms with Gasteiger partial charge in [0.25, 0.3) is 5.91 Å². The molecule has 1 amide bonds. The van der Waals surface area contributed by atoms with Crippen molar-refractivity contribution in [3.8, 4) is 5.75 Å². The van der Waals surface area contributed by atoms with Gasteiger partial charge in [-0.15, -0.1) is 0 Å². The molecule has 0 saturated heterocycles. The summed E-state index contributed by atoms with van der Waals surface area (Å²) in [6.45, 7) is 9.37. The Morgan fingerprint density at radius 1 is 1.03 bits per heavy atom. The van der Waals surface area contributed by atoms with Gasteiger partial charge in [-0.3, -0.25) is 9.48 Å². The van der Waals surface area contributed by atoms with E-state index in [1.165, 1.54) is 11.1 Å². The maximum absolute atomic E-state index is 12.6. The highest BCUT2D eigenvalue weighted by Gasteiger charge is 2.22. The van der Waals surface area contributed by atoms with Crippen molar-refractivity contribution >= 4 is 5.91 Å². The number of hydrogen-bond donors (Lipinski definition) is 1. The number of nitrogens with one attached hydrogen (secondary N) is 1. The molecule has 1 unspecified atom stereocenters. The third kappa shape index (κ3) is 5.22. The SMILES string of the molecule is CCn1ccc(C(C)NC(=O)c2ccc(COc3ccc(C(C)(C)c4ccccc4)cc3)o2)n1. The molecule has 4 aromatic rings. The van der Waals surface area contributed by atoms with Gasteiger partial charge in [-0.1, -0.05) is 56.3 Å². The molecule has 6 nitrogen and oxygen atoms in total. The maximum Gasteiger partial charge on any atom is 0.287 e. The molecule has 0 aliphatic rings. The Kier molecular flexibility index (Phi) is 6.87. The number of furan rings is 1. The molecule has 0 saturated carbocycles. The number of amides is 1. The van der Waals surface area contributed by atoms with Crippen molar-refractivity contribution in [3.63, 3.8) is 0 Å². The zero-order valence-corrected chi connectivity index (χ0v) is 20.1. The van der Waals surface area contributed by atoms with Crippen molar-refractivity contribution in [2.75, 3.05) is 0 Å². The molecule has 1 atom stereocenters. The summed E-state index contributed by atoms with van der Waals surface area (Å²) in [5.74, 6) is 1.30. The van der Waals surface area contributed by atoms with Gasteiger partial charge in [0.2, 0.25) is 0 Å². The monoisotopic (exact) mass is 457 g/mol. The van der Waals surface area contributed by atoms with E-state index in [9.17, 15) is 4.79 Å². The molecule has 0 radical (unpaired) electrons. The van der Waals surface area contributed by atoms with Crippen molar-refractivity contribution in [2.45, 2.75) is 52.3 Å². The molecule has 0 spiro atoms. The predicted molar refractivity (Wildman–Crippen MR) is 132 cm³/mol. The van der Waals surface area contributed by atoms with Gasteiger partial charge in [0.1, 0.15) is 18.1 Å². The van der Waals surface area contributed by atoms with E-state index in [2.05, 4.69) is 60.7 Å². The molecule has 2 heterocycles. The predicted octanol–water partition coefficient (Wildman–Crippen LogP) is 5.89. The summed E-state index contributed by atoms with van der Waals surface area (Å²) in [7, 11) is 0. The Morgan fingerprint density at radius 3 is 2.41 bits per heavy atom. The standard InChI is InChI=1S/C28H31N3O3/c1-5-31-18-17-25(30-31)20(2)29-27(32)26-16-15-24(34-26)19-33-23-13-11-22(12-14-23)28(3,4)21-9-7-6-8-10-21/h6-18,20H,5,19H2,1-4H3,(H,29,32). The van der Waals surface area contributed by atoms with Gasteiger partial charge in [-0.25, -0.2) is 0 Å². The second-order valence-corrected chi connectivity index (χ2v) is 8.86. The molecule has 6 heteroatoms. The zero-order chi connectivity index (χ0) is 24.1. The van der Waals surface area contributed by atoms with Crippen LogP contribution in [0, 0.1) is 0 Å². The fraction of sp³-hybridized carbons (Fsp3) is 0.286. The zero-order valence-electron chi connectivity index (χ0n) is 20.1. The summed E-state index contributed by atoms with van der Waals surface area (Å²) in [5, 5.41) is 7.35. The minimum atomic E-state index is -0.280. The fourth-order valence-corrected chi connectivity index (χ4v) is 3.85. The first-order valence-corrected chi connectivity index (χ1v) is 11.6. The highest BCUT2D eigenvalue weighted by molar-refractivity contribution is 5.91. The lowest BCUT2D eigenvalue weighted by atomic mass is 9.78. The van der Waals surface area contributed by atoms with E-state index in [1.54, 1.807) is 12.1 Å². The molecule has 2 aromatic heterocycles. The smallest absolute Gasteiger partial charge is 0.287 e. The first-order chi connectivity index (χ1) is 16.4. The number of hydrogen-bond acceptors (Lipinski definition) is 4. The quantitative estimate of drug-likeness (QED) is 0.340. The summed E-state index contributed by atoms with van der Waals surface area (Å²) < 4.78 is 13.4. The van der Waals surface area contributed by atoms with Crippen LogP contribution in [0.1, 0.15) is 66.9 Å². The van der Waals surface area contributed by atoms with E-state index in [4.69, 9.17) is 9.15 Å². The van der Waals surface area contributed by atoms with Crippen LogP contribution in [0.15, 0.2) is 83.4 Å². The van der Waals surface area contributed by atoms with Gasteiger partial charge in [-0.05, 0) is 55.3 Å². The second-order valence-electron chi connectivity index (χ2n) is 8.86. The number of aromatic nitrogens is 2. The molecular weight excluding hydrogens is 426 g/mol. The molecule has 34 heavy (non-hydrogen) atoms. The Hall–Kier alpha value is -3.80. The van der Waals surface area contributed by atoms with Crippen LogP contribution in [0.3, 0.4) is 0 Å². The normalized spacial score (nSPS) is 12.4. The number of carbonyl (C=O) groups excluding carboxylic acids is 1. The largest absolute Gasteiger partial charge is 0.486 e. The summed E-state index contributed by atoms with van der Waals surface area (Å²) in [4.78, 5) is 12.6. The number of ether oxygens (including phenoxy) is 1. The van der Waals surface area contributed by atoms with Crippen LogP contribution in [0.4, 0.5) is 0 Å². The molecule has 1 N–H and O–H groups in total. The minimum Gasteiger partial charge on any atom is -0.486 e. The average molecular weight is 458 g/mol. The van der Waals surface area contributed by atoms with Crippen LogP contribution >= 0.6 is 0 Å². The van der Waals surface area contributed by atoms with Gasteiger partial charge < -0.3 is 14.5 Å². The first kappa shape index (κ1) is 23.4. The topological polar surface area (TPSA) is 69.3 Å². The maximum atomic E-state index is 12.6. The van der Waals surface area contributed by atoms with Gasteiger partial charge in [-0.2, -0.15) is 5.10 Å². The average Bonchev–Trinajstić information content (AvgIpc) is 3.53. The molecule has 0 bridgehead atoms. The molecule has 2 aromatic carbocycles. The lowest BCUT2D eigenvalue weighted by Gasteiger charge is -2.26. The molecule has 176 valence electrons. The third-order valence-corrected chi connectivity index (χ3v) is 6.11. The van der Waals surface area contributed by atoms with Crippen LogP contribution in [-0.2, 0) is 18.6 Å². The van der Waals surface area contributed by atoms with Gasteiger partial charge in [0.15, 0.2) is 5.76 Å². The van der Waals surface area contributed by atoms with E-state index in [1.807, 2.05) is 49.0 Å². The second kappa shape index (κ2) is 10.00. The van der Waals surface area contributed by atoms with Crippen LogP contribution in [0.5, 0.6) is 5.75 Å². The lowest BCUT2D eigenvalue weighted by Crippen LogP contribution is -2.26. The van der Waals surface area contributed by atoms with E-state index in [0.717, 1.165) is 18.0 Å². The van der Waals surface area contributed by atoms with Crippen LogP contribution in [0.25, 0.3) is 0 Å². The Balaban J connectivity index is 1.33. The van der Waals surface area contributed by atoms with E-state index in [0.29, 0.717) is 5.76 Å². The van der Waals surface area contributed by atoms with Crippen molar-refractivity contribution in [1.29, 1.82) is 0 Å². The molecule has 4 rings (SSSR count). The van der Waals surface area contributed by atoms with Crippen LogP contribution in [-0.4, -0.2) is 15.7 Å². The number of benzene rings is 2. The summed E-state index contributed by atoms with van der Waals surface area (Å²) in [6.07, 6.45) is 1.90. The molecule has 0 fully saturated rings. The van der Waals surface area contributed by atoms with E-state index in [-0.39, 0.29) is 29.7 Å². The Morgan fingerprint density at radius 2 is 1.74 bits per heavy atom. The summed E-state index contributed by atoms with van der Waals surface area (Å²) in [5.41, 5.74) is 3.18. The Bertz CT molecular complexity index is 1220. The van der Waals surface area contributed by atoms with Crippen LogP contribution in [0.2, 0.25) is 0 Å².